The maximum atomic E-state index is 5.79. The second-order valence-corrected chi connectivity index (χ2v) is 2.56. The van der Waals surface area contributed by atoms with Crippen LogP contribution >= 0.6 is 11.6 Å². The molecule has 0 aliphatic carbocycles. The van der Waals surface area contributed by atoms with Gasteiger partial charge in [0, 0.05) is 6.20 Å². The van der Waals surface area contributed by atoms with Crippen molar-refractivity contribution in [3.05, 3.63) is 23.5 Å². The Morgan fingerprint density at radius 1 is 1.64 bits per heavy atom. The molecule has 60 valence electrons. The van der Waals surface area contributed by atoms with E-state index in [1.54, 1.807) is 18.5 Å². The molecular formula is C8H10ClNO. The molecule has 0 amide bonds. The number of aromatic nitrogens is 1. The molecule has 0 aromatic carbocycles. The van der Waals surface area contributed by atoms with Crippen LogP contribution in [0.1, 0.15) is 13.3 Å². The zero-order valence-corrected chi connectivity index (χ0v) is 7.14. The van der Waals surface area contributed by atoms with Crippen molar-refractivity contribution in [2.24, 2.45) is 0 Å². The van der Waals surface area contributed by atoms with E-state index in [9.17, 15) is 0 Å². The summed E-state index contributed by atoms with van der Waals surface area (Å²) in [4.78, 5) is 3.89. The molecule has 0 saturated heterocycles. The zero-order chi connectivity index (χ0) is 8.10. The third-order valence-corrected chi connectivity index (χ3v) is 1.51. The summed E-state index contributed by atoms with van der Waals surface area (Å²) < 4.78 is 5.29. The lowest BCUT2D eigenvalue weighted by molar-refractivity contribution is 0.316. The summed E-state index contributed by atoms with van der Waals surface area (Å²) >= 11 is 5.79. The van der Waals surface area contributed by atoms with Crippen LogP contribution in [0.5, 0.6) is 5.75 Å². The molecule has 1 rings (SSSR count). The first-order valence-corrected chi connectivity index (χ1v) is 3.94. The van der Waals surface area contributed by atoms with Crippen LogP contribution in [0.3, 0.4) is 0 Å². The van der Waals surface area contributed by atoms with Gasteiger partial charge in [0.15, 0.2) is 5.75 Å². The highest BCUT2D eigenvalue weighted by molar-refractivity contribution is 6.31. The van der Waals surface area contributed by atoms with E-state index >= 15 is 0 Å². The zero-order valence-electron chi connectivity index (χ0n) is 6.38. The first-order valence-electron chi connectivity index (χ1n) is 3.57. The molecular weight excluding hydrogens is 162 g/mol. The number of hydrogen-bond acceptors (Lipinski definition) is 2. The highest BCUT2D eigenvalue weighted by Gasteiger charge is 1.97. The van der Waals surface area contributed by atoms with Crippen LogP contribution in [-0.2, 0) is 0 Å². The maximum absolute atomic E-state index is 5.79. The van der Waals surface area contributed by atoms with Gasteiger partial charge in [-0.1, -0.05) is 18.5 Å². The summed E-state index contributed by atoms with van der Waals surface area (Å²) in [7, 11) is 0. The summed E-state index contributed by atoms with van der Waals surface area (Å²) in [5, 5.41) is 0.619. The third-order valence-electron chi connectivity index (χ3n) is 1.20. The molecule has 11 heavy (non-hydrogen) atoms. The molecule has 0 spiro atoms. The Labute approximate surface area is 71.2 Å². The molecule has 2 nitrogen and oxygen atoms in total. The largest absolute Gasteiger partial charge is 0.490 e. The Morgan fingerprint density at radius 3 is 3.09 bits per heavy atom. The van der Waals surface area contributed by atoms with Gasteiger partial charge >= 0.3 is 0 Å². The molecule has 0 radical (unpaired) electrons. The van der Waals surface area contributed by atoms with Crippen molar-refractivity contribution < 1.29 is 4.74 Å². The first-order chi connectivity index (χ1) is 5.34. The van der Waals surface area contributed by atoms with Crippen molar-refractivity contribution in [1.82, 2.24) is 4.98 Å². The van der Waals surface area contributed by atoms with E-state index < -0.39 is 0 Å². The average molecular weight is 172 g/mol. The fourth-order valence-electron chi connectivity index (χ4n) is 0.681. The Balaban J connectivity index is 2.62. The van der Waals surface area contributed by atoms with E-state index in [0.29, 0.717) is 17.4 Å². The summed E-state index contributed by atoms with van der Waals surface area (Å²) in [5.74, 6) is 0.663. The Bertz CT molecular complexity index is 227. The predicted molar refractivity (Wildman–Crippen MR) is 45.0 cm³/mol. The second-order valence-electron chi connectivity index (χ2n) is 2.15. The van der Waals surface area contributed by atoms with E-state index in [0.717, 1.165) is 6.42 Å². The topological polar surface area (TPSA) is 22.1 Å². The highest BCUT2D eigenvalue weighted by atomic mass is 35.5. The van der Waals surface area contributed by atoms with Crippen molar-refractivity contribution in [3.63, 3.8) is 0 Å². The van der Waals surface area contributed by atoms with Crippen LogP contribution < -0.4 is 4.74 Å². The van der Waals surface area contributed by atoms with Crippen LogP contribution in [-0.4, -0.2) is 11.6 Å². The van der Waals surface area contributed by atoms with Crippen LogP contribution in [0, 0.1) is 0 Å². The van der Waals surface area contributed by atoms with Gasteiger partial charge in [-0.2, -0.15) is 0 Å². The number of halogens is 1. The molecule has 0 N–H and O–H groups in total. The Hall–Kier alpha value is -0.760. The van der Waals surface area contributed by atoms with Gasteiger partial charge < -0.3 is 4.74 Å². The molecule has 0 fully saturated rings. The fourth-order valence-corrected chi connectivity index (χ4v) is 0.841. The van der Waals surface area contributed by atoms with Gasteiger partial charge in [0.05, 0.1) is 17.8 Å². The smallest absolute Gasteiger partial charge is 0.156 e. The summed E-state index contributed by atoms with van der Waals surface area (Å²) in [6.45, 7) is 2.73. The maximum Gasteiger partial charge on any atom is 0.156 e. The van der Waals surface area contributed by atoms with Gasteiger partial charge in [-0.05, 0) is 12.5 Å². The van der Waals surface area contributed by atoms with Crippen molar-refractivity contribution >= 4 is 11.6 Å². The van der Waals surface area contributed by atoms with Crippen molar-refractivity contribution in [3.8, 4) is 5.75 Å². The van der Waals surface area contributed by atoms with Crippen molar-refractivity contribution in [1.29, 1.82) is 0 Å². The van der Waals surface area contributed by atoms with Crippen LogP contribution in [0.25, 0.3) is 0 Å². The minimum Gasteiger partial charge on any atom is -0.490 e. The summed E-state index contributed by atoms with van der Waals surface area (Å²) in [6, 6.07) is 1.71. The third kappa shape index (κ3) is 2.39. The van der Waals surface area contributed by atoms with Crippen LogP contribution in [0.4, 0.5) is 0 Å². The van der Waals surface area contributed by atoms with Crippen LogP contribution in [0.15, 0.2) is 18.5 Å². The lowest BCUT2D eigenvalue weighted by Gasteiger charge is -2.04. The Kier molecular flexibility index (Phi) is 3.17. The van der Waals surface area contributed by atoms with Gasteiger partial charge in [-0.25, -0.2) is 0 Å². The van der Waals surface area contributed by atoms with E-state index in [1.165, 1.54) is 0 Å². The monoisotopic (exact) mass is 171 g/mol. The van der Waals surface area contributed by atoms with E-state index in [2.05, 4.69) is 4.98 Å². The Morgan fingerprint density at radius 2 is 2.45 bits per heavy atom. The van der Waals surface area contributed by atoms with Crippen molar-refractivity contribution in [2.75, 3.05) is 6.61 Å². The quantitative estimate of drug-likeness (QED) is 0.697. The number of ether oxygens (including phenoxy) is 1. The van der Waals surface area contributed by atoms with Gasteiger partial charge in [0.2, 0.25) is 0 Å². The lowest BCUT2D eigenvalue weighted by atomic mass is 10.4. The molecule has 3 heteroatoms. The molecule has 0 aliphatic heterocycles. The van der Waals surface area contributed by atoms with E-state index in [1.807, 2.05) is 6.92 Å². The highest BCUT2D eigenvalue weighted by Crippen LogP contribution is 2.21. The normalized spacial score (nSPS) is 9.64. The number of nitrogens with zero attached hydrogens (tertiary/aromatic N) is 1. The molecule has 1 aromatic rings. The molecule has 0 bridgehead atoms. The lowest BCUT2D eigenvalue weighted by Crippen LogP contribution is -1.95. The van der Waals surface area contributed by atoms with Gasteiger partial charge in [0.25, 0.3) is 0 Å². The van der Waals surface area contributed by atoms with Crippen molar-refractivity contribution in [2.45, 2.75) is 13.3 Å². The van der Waals surface area contributed by atoms with Gasteiger partial charge in [-0.3, -0.25) is 4.98 Å². The predicted octanol–water partition coefficient (Wildman–Crippen LogP) is 2.52. The fraction of sp³-hybridized carbons (Fsp3) is 0.375. The first kappa shape index (κ1) is 8.34. The summed E-state index contributed by atoms with van der Waals surface area (Å²) in [5.41, 5.74) is 0. The van der Waals surface area contributed by atoms with E-state index in [4.69, 9.17) is 16.3 Å². The number of hydrogen-bond donors (Lipinski definition) is 0. The summed E-state index contributed by atoms with van der Waals surface area (Å²) in [6.07, 6.45) is 4.24. The van der Waals surface area contributed by atoms with Gasteiger partial charge in [-0.15, -0.1) is 0 Å². The minimum atomic E-state index is 0.619. The average Bonchev–Trinajstić information content (AvgIpc) is 2.03. The SMILES string of the molecule is CCCOc1cnccc1Cl. The standard InChI is InChI=1S/C8H10ClNO/c1-2-5-11-8-6-10-4-3-7(8)9/h3-4,6H,2,5H2,1H3. The molecule has 0 saturated carbocycles. The number of rotatable bonds is 3. The van der Waals surface area contributed by atoms with E-state index in [-0.39, 0.29) is 0 Å². The second kappa shape index (κ2) is 4.19. The molecule has 0 atom stereocenters. The minimum absolute atomic E-state index is 0.619. The molecule has 0 unspecified atom stereocenters. The number of pyridine rings is 1. The molecule has 1 heterocycles. The molecule has 0 aliphatic rings. The van der Waals surface area contributed by atoms with Crippen LogP contribution in [0.2, 0.25) is 5.02 Å². The van der Waals surface area contributed by atoms with Gasteiger partial charge in [0.1, 0.15) is 0 Å². The molecule has 1 aromatic heterocycles.